The summed E-state index contributed by atoms with van der Waals surface area (Å²) >= 11 is 0. The molecule has 1 aromatic carbocycles. The van der Waals surface area contributed by atoms with Crippen molar-refractivity contribution in [2.24, 2.45) is 5.73 Å². The fraction of sp³-hybridized carbons (Fsp3) is 0.231. The van der Waals surface area contributed by atoms with Crippen LogP contribution in [0, 0.1) is 0 Å². The van der Waals surface area contributed by atoms with Crippen LogP contribution < -0.4 is 11.3 Å². The summed E-state index contributed by atoms with van der Waals surface area (Å²) in [5.41, 5.74) is 7.37. The van der Waals surface area contributed by atoms with Crippen molar-refractivity contribution >= 4 is 16.9 Å². The van der Waals surface area contributed by atoms with Crippen LogP contribution in [0.4, 0.5) is 0 Å². The van der Waals surface area contributed by atoms with Crippen molar-refractivity contribution in [2.75, 3.05) is 7.11 Å². The first-order valence-electron chi connectivity index (χ1n) is 5.62. The predicted molar refractivity (Wildman–Crippen MR) is 66.2 cm³/mol. The summed E-state index contributed by atoms with van der Waals surface area (Å²) in [6.07, 6.45) is 0. The standard InChI is InChI=1S/C13H12N2O3/c1-18-13(17)12-10(14)8-4-2-3-7-5-6-9(16)15(12)11(7)8/h2-6,10,12H,14H2,1H3. The molecule has 2 heterocycles. The van der Waals surface area contributed by atoms with E-state index in [4.69, 9.17) is 10.5 Å². The summed E-state index contributed by atoms with van der Waals surface area (Å²) in [7, 11) is 1.29. The van der Waals surface area contributed by atoms with Crippen molar-refractivity contribution in [3.63, 3.8) is 0 Å². The summed E-state index contributed by atoms with van der Waals surface area (Å²) in [5.74, 6) is -0.492. The van der Waals surface area contributed by atoms with E-state index in [1.165, 1.54) is 17.7 Å². The van der Waals surface area contributed by atoms with E-state index in [1.54, 1.807) is 6.07 Å². The van der Waals surface area contributed by atoms with Crippen LogP contribution >= 0.6 is 0 Å². The van der Waals surface area contributed by atoms with E-state index >= 15 is 0 Å². The van der Waals surface area contributed by atoms with Crippen LogP contribution in [-0.4, -0.2) is 17.6 Å². The molecule has 0 spiro atoms. The molecule has 0 amide bonds. The quantitative estimate of drug-likeness (QED) is 0.750. The van der Waals surface area contributed by atoms with Crippen LogP contribution in [-0.2, 0) is 9.53 Å². The molecule has 2 N–H and O–H groups in total. The van der Waals surface area contributed by atoms with Crippen LogP contribution in [0.2, 0.25) is 0 Å². The average Bonchev–Trinajstić information content (AvgIpc) is 2.69. The first kappa shape index (κ1) is 11.0. The number of hydrogen-bond donors (Lipinski definition) is 1. The van der Waals surface area contributed by atoms with Crippen LogP contribution in [0.15, 0.2) is 35.1 Å². The zero-order valence-electron chi connectivity index (χ0n) is 9.79. The smallest absolute Gasteiger partial charge is 0.330 e. The SMILES string of the molecule is COC(=O)C1C(N)c2cccc3ccc(=O)n1c23. The van der Waals surface area contributed by atoms with E-state index in [-0.39, 0.29) is 5.56 Å². The van der Waals surface area contributed by atoms with Crippen molar-refractivity contribution < 1.29 is 9.53 Å². The second-order valence-electron chi connectivity index (χ2n) is 4.32. The third-order valence-electron chi connectivity index (χ3n) is 3.40. The van der Waals surface area contributed by atoms with Gasteiger partial charge in [-0.2, -0.15) is 0 Å². The Morgan fingerprint density at radius 3 is 2.83 bits per heavy atom. The number of esters is 1. The molecule has 2 aromatic rings. The zero-order valence-corrected chi connectivity index (χ0v) is 9.79. The highest BCUT2D eigenvalue weighted by Gasteiger charge is 2.38. The number of nitrogens with two attached hydrogens (primary N) is 1. The number of carbonyl (C=O) groups excluding carboxylic acids is 1. The first-order chi connectivity index (χ1) is 8.65. The maximum Gasteiger partial charge on any atom is 0.330 e. The number of hydrogen-bond acceptors (Lipinski definition) is 4. The molecule has 1 aliphatic heterocycles. The van der Waals surface area contributed by atoms with Crippen molar-refractivity contribution in [3.05, 3.63) is 46.2 Å². The van der Waals surface area contributed by atoms with Crippen molar-refractivity contribution in [1.29, 1.82) is 0 Å². The second-order valence-corrected chi connectivity index (χ2v) is 4.32. The Morgan fingerprint density at radius 2 is 2.11 bits per heavy atom. The maximum absolute atomic E-state index is 12.0. The summed E-state index contributed by atoms with van der Waals surface area (Å²) in [6, 6.07) is 7.46. The average molecular weight is 244 g/mol. The highest BCUT2D eigenvalue weighted by atomic mass is 16.5. The Bertz CT molecular complexity index is 705. The van der Waals surface area contributed by atoms with Crippen molar-refractivity contribution in [2.45, 2.75) is 12.1 Å². The number of para-hydroxylation sites is 1. The van der Waals surface area contributed by atoms with Gasteiger partial charge in [0.25, 0.3) is 5.56 Å². The molecule has 2 unspecified atom stereocenters. The number of methoxy groups -OCH3 is 1. The van der Waals surface area contributed by atoms with E-state index in [1.807, 2.05) is 18.2 Å². The predicted octanol–water partition coefficient (Wildman–Crippen LogP) is 0.729. The summed E-state index contributed by atoms with van der Waals surface area (Å²) in [5, 5.41) is 0.897. The normalized spacial score (nSPS) is 21.2. The third-order valence-corrected chi connectivity index (χ3v) is 3.40. The Kier molecular flexibility index (Phi) is 2.24. The Morgan fingerprint density at radius 1 is 1.33 bits per heavy atom. The monoisotopic (exact) mass is 244 g/mol. The zero-order chi connectivity index (χ0) is 12.9. The van der Waals surface area contributed by atoms with Gasteiger partial charge in [0.1, 0.15) is 0 Å². The molecule has 0 bridgehead atoms. The molecule has 2 atom stereocenters. The number of aromatic nitrogens is 1. The number of benzene rings is 1. The van der Waals surface area contributed by atoms with Gasteiger partial charge in [0, 0.05) is 6.07 Å². The van der Waals surface area contributed by atoms with Crippen LogP contribution in [0.5, 0.6) is 0 Å². The van der Waals surface area contributed by atoms with E-state index in [0.717, 1.165) is 16.5 Å². The van der Waals surface area contributed by atoms with Gasteiger partial charge >= 0.3 is 5.97 Å². The van der Waals surface area contributed by atoms with E-state index < -0.39 is 18.1 Å². The molecule has 0 saturated heterocycles. The first-order valence-corrected chi connectivity index (χ1v) is 5.62. The number of nitrogens with zero attached hydrogens (tertiary/aromatic N) is 1. The Labute approximate surface area is 103 Å². The minimum atomic E-state index is -0.774. The molecule has 1 aliphatic rings. The summed E-state index contributed by atoms with van der Waals surface area (Å²) < 4.78 is 6.17. The molecular weight excluding hydrogens is 232 g/mol. The van der Waals surface area contributed by atoms with Gasteiger partial charge in [-0.3, -0.25) is 9.36 Å². The lowest BCUT2D eigenvalue weighted by Gasteiger charge is -2.15. The van der Waals surface area contributed by atoms with Gasteiger partial charge in [0.05, 0.1) is 18.7 Å². The largest absolute Gasteiger partial charge is 0.467 e. The molecule has 0 radical (unpaired) electrons. The summed E-state index contributed by atoms with van der Waals surface area (Å²) in [4.78, 5) is 23.8. The molecule has 5 nitrogen and oxygen atoms in total. The van der Waals surface area contributed by atoms with Crippen LogP contribution in [0.1, 0.15) is 17.6 Å². The van der Waals surface area contributed by atoms with Gasteiger partial charge in [-0.1, -0.05) is 18.2 Å². The lowest BCUT2D eigenvalue weighted by molar-refractivity contribution is -0.145. The fourth-order valence-electron chi connectivity index (χ4n) is 2.59. The van der Waals surface area contributed by atoms with Crippen LogP contribution in [0.25, 0.3) is 10.9 Å². The van der Waals surface area contributed by atoms with Crippen molar-refractivity contribution in [3.8, 4) is 0 Å². The number of ether oxygens (including phenoxy) is 1. The minimum Gasteiger partial charge on any atom is -0.467 e. The van der Waals surface area contributed by atoms with Gasteiger partial charge < -0.3 is 10.5 Å². The maximum atomic E-state index is 12.0. The van der Waals surface area contributed by atoms with Crippen molar-refractivity contribution in [1.82, 2.24) is 4.57 Å². The molecule has 5 heteroatoms. The van der Waals surface area contributed by atoms with Gasteiger partial charge in [-0.05, 0) is 17.0 Å². The third kappa shape index (κ3) is 1.25. The molecule has 1 aromatic heterocycles. The topological polar surface area (TPSA) is 74.3 Å². The highest BCUT2D eigenvalue weighted by Crippen LogP contribution is 2.37. The van der Waals surface area contributed by atoms with Gasteiger partial charge in [-0.25, -0.2) is 4.79 Å². The minimum absolute atomic E-state index is 0.238. The molecule has 18 heavy (non-hydrogen) atoms. The highest BCUT2D eigenvalue weighted by molar-refractivity contribution is 5.89. The van der Waals surface area contributed by atoms with E-state index in [2.05, 4.69) is 0 Å². The van der Waals surface area contributed by atoms with Crippen LogP contribution in [0.3, 0.4) is 0 Å². The fourth-order valence-corrected chi connectivity index (χ4v) is 2.59. The number of carbonyl (C=O) groups is 1. The molecule has 92 valence electrons. The molecular formula is C13H12N2O3. The van der Waals surface area contributed by atoms with Gasteiger partial charge in [0.2, 0.25) is 0 Å². The Hall–Kier alpha value is -2.14. The summed E-state index contributed by atoms with van der Waals surface area (Å²) in [6.45, 7) is 0. The van der Waals surface area contributed by atoms with E-state index in [0.29, 0.717) is 0 Å². The van der Waals surface area contributed by atoms with Gasteiger partial charge in [0.15, 0.2) is 6.04 Å². The number of rotatable bonds is 1. The molecule has 0 aliphatic carbocycles. The molecule has 0 saturated carbocycles. The Balaban J connectivity index is 2.40. The lowest BCUT2D eigenvalue weighted by atomic mass is 10.0. The van der Waals surface area contributed by atoms with Gasteiger partial charge in [-0.15, -0.1) is 0 Å². The molecule has 0 fully saturated rings. The number of pyridine rings is 1. The molecule has 3 rings (SSSR count). The second kappa shape index (κ2) is 3.68. The van der Waals surface area contributed by atoms with E-state index in [9.17, 15) is 9.59 Å². The lowest BCUT2D eigenvalue weighted by Crippen LogP contribution is -2.32.